The van der Waals surface area contributed by atoms with Gasteiger partial charge in [-0.2, -0.15) is 0 Å². The van der Waals surface area contributed by atoms with Crippen molar-refractivity contribution in [3.8, 4) is 0 Å². The minimum Gasteiger partial charge on any atom is -0.378 e. The summed E-state index contributed by atoms with van der Waals surface area (Å²) < 4.78 is -0.669. The Morgan fingerprint density at radius 3 is 2.29 bits per heavy atom. The fourth-order valence-corrected chi connectivity index (χ4v) is 0.144. The Hall–Kier alpha value is 0.650. The molecule has 7 heavy (non-hydrogen) atoms. The molecule has 0 bridgehead atoms. The maximum absolute atomic E-state index is 8.99. The predicted molar refractivity (Wildman–Crippen MR) is 38.3 cm³/mol. The van der Waals surface area contributed by atoms with Crippen LogP contribution in [0, 0.1) is 0 Å². The quantitative estimate of drug-likeness (QED) is 0.519. The highest BCUT2D eigenvalue weighted by molar-refractivity contribution is 14.1. The number of halogens is 1. The van der Waals surface area contributed by atoms with Crippen LogP contribution in [0.4, 0.5) is 0 Å². The van der Waals surface area contributed by atoms with Gasteiger partial charge in [0.25, 0.3) is 0 Å². The smallest absolute Gasteiger partial charge is 0.127 e. The molecular weight excluding hydrogens is 205 g/mol. The Morgan fingerprint density at radius 1 is 1.86 bits per heavy atom. The lowest BCUT2D eigenvalue weighted by Crippen LogP contribution is -2.29. The zero-order valence-electron chi connectivity index (χ0n) is 4.32. The number of hydrogen-bond acceptors (Lipinski definition) is 2. The monoisotopic (exact) mass is 215 g/mol. The Morgan fingerprint density at radius 2 is 2.29 bits per heavy atom. The van der Waals surface area contributed by atoms with Crippen molar-refractivity contribution in [2.45, 2.75) is 17.0 Å². The van der Waals surface area contributed by atoms with Crippen LogP contribution >= 0.6 is 22.6 Å². The molecule has 44 valence electrons. The van der Waals surface area contributed by atoms with Crippen LogP contribution in [0.3, 0.4) is 0 Å². The van der Waals surface area contributed by atoms with Crippen molar-refractivity contribution in [2.24, 2.45) is 5.73 Å². The third kappa shape index (κ3) is 3.25. The van der Waals surface area contributed by atoms with Crippen LogP contribution in [0.25, 0.3) is 0 Å². The third-order valence-electron chi connectivity index (χ3n) is 0.855. The zero-order chi connectivity index (χ0) is 5.91. The lowest BCUT2D eigenvalue weighted by Gasteiger charge is -2.14. The van der Waals surface area contributed by atoms with Crippen LogP contribution in [0.5, 0.6) is 0 Å². The van der Waals surface area contributed by atoms with Crippen molar-refractivity contribution in [2.75, 3.05) is 6.54 Å². The molecule has 0 aliphatic carbocycles. The Labute approximate surface area is 57.2 Å². The first-order chi connectivity index (χ1) is 3.12. The van der Waals surface area contributed by atoms with Crippen molar-refractivity contribution >= 4 is 22.6 Å². The van der Waals surface area contributed by atoms with Gasteiger partial charge in [0.05, 0.1) is 0 Å². The predicted octanol–water partition coefficient (Wildman–Crippen LogP) is 0.479. The Bertz CT molecular complexity index is 49.7. The van der Waals surface area contributed by atoms with Crippen molar-refractivity contribution in [3.05, 3.63) is 0 Å². The van der Waals surface area contributed by atoms with Gasteiger partial charge in [0.2, 0.25) is 0 Å². The Kier molecular flexibility index (Phi) is 3.10. The first-order valence-corrected chi connectivity index (χ1v) is 3.31. The van der Waals surface area contributed by atoms with Crippen LogP contribution < -0.4 is 5.73 Å². The van der Waals surface area contributed by atoms with E-state index in [1.807, 2.05) is 29.5 Å². The summed E-state index contributed by atoms with van der Waals surface area (Å²) in [6.07, 6.45) is 0.712. The standard InChI is InChI=1S/C4H10INO/c1-2-4(5,7)3-6/h7H,2-3,6H2,1H3. The van der Waals surface area contributed by atoms with E-state index in [-0.39, 0.29) is 0 Å². The maximum atomic E-state index is 8.99. The van der Waals surface area contributed by atoms with Gasteiger partial charge in [-0.05, 0) is 29.0 Å². The maximum Gasteiger partial charge on any atom is 0.127 e. The average molecular weight is 215 g/mol. The van der Waals surface area contributed by atoms with Crippen LogP contribution in [0.2, 0.25) is 0 Å². The molecule has 0 aromatic heterocycles. The lowest BCUT2D eigenvalue weighted by molar-refractivity contribution is 0.160. The molecule has 0 aliphatic rings. The second-order valence-corrected chi connectivity index (χ2v) is 3.48. The van der Waals surface area contributed by atoms with E-state index in [1.54, 1.807) is 0 Å². The Balaban J connectivity index is 3.36. The molecule has 0 rings (SSSR count). The molecule has 0 radical (unpaired) electrons. The number of rotatable bonds is 2. The molecule has 0 aromatic rings. The van der Waals surface area contributed by atoms with E-state index in [0.717, 1.165) is 0 Å². The van der Waals surface area contributed by atoms with Crippen molar-refractivity contribution in [1.29, 1.82) is 0 Å². The summed E-state index contributed by atoms with van der Waals surface area (Å²) in [6.45, 7) is 2.24. The summed E-state index contributed by atoms with van der Waals surface area (Å²) >= 11 is 1.93. The molecule has 3 heteroatoms. The van der Waals surface area contributed by atoms with E-state index in [9.17, 15) is 0 Å². The van der Waals surface area contributed by atoms with E-state index in [1.165, 1.54) is 0 Å². The van der Waals surface area contributed by atoms with Crippen molar-refractivity contribution in [3.63, 3.8) is 0 Å². The molecule has 0 spiro atoms. The summed E-state index contributed by atoms with van der Waals surface area (Å²) in [7, 11) is 0. The highest BCUT2D eigenvalue weighted by atomic mass is 127. The van der Waals surface area contributed by atoms with E-state index in [0.29, 0.717) is 13.0 Å². The molecule has 0 saturated heterocycles. The molecule has 0 fully saturated rings. The molecule has 0 heterocycles. The minimum atomic E-state index is -0.669. The summed E-state index contributed by atoms with van der Waals surface area (Å²) in [5, 5.41) is 8.99. The normalized spacial score (nSPS) is 18.9. The fraction of sp³-hybridized carbons (Fsp3) is 1.00. The van der Waals surface area contributed by atoms with Crippen LogP contribution in [0.1, 0.15) is 13.3 Å². The molecule has 0 aromatic carbocycles. The first-order valence-electron chi connectivity index (χ1n) is 2.24. The van der Waals surface area contributed by atoms with Gasteiger partial charge in [-0.25, -0.2) is 0 Å². The van der Waals surface area contributed by atoms with Crippen molar-refractivity contribution < 1.29 is 5.11 Å². The summed E-state index contributed by atoms with van der Waals surface area (Å²) in [5.74, 6) is 0. The average Bonchev–Trinajstić information content (AvgIpc) is 1.68. The van der Waals surface area contributed by atoms with E-state index < -0.39 is 3.61 Å². The van der Waals surface area contributed by atoms with E-state index in [2.05, 4.69) is 0 Å². The van der Waals surface area contributed by atoms with Gasteiger partial charge in [-0.1, -0.05) is 6.92 Å². The van der Waals surface area contributed by atoms with Crippen LogP contribution in [0.15, 0.2) is 0 Å². The molecule has 1 unspecified atom stereocenters. The third-order valence-corrected chi connectivity index (χ3v) is 2.06. The van der Waals surface area contributed by atoms with Gasteiger partial charge in [0, 0.05) is 6.54 Å². The molecular formula is C4H10INO. The molecule has 0 saturated carbocycles. The molecule has 2 nitrogen and oxygen atoms in total. The van der Waals surface area contributed by atoms with Gasteiger partial charge in [0.15, 0.2) is 0 Å². The van der Waals surface area contributed by atoms with Gasteiger partial charge < -0.3 is 10.8 Å². The number of hydrogen-bond donors (Lipinski definition) is 2. The number of alkyl halides is 1. The second kappa shape index (κ2) is 2.84. The minimum absolute atomic E-state index is 0.337. The van der Waals surface area contributed by atoms with Crippen LogP contribution in [-0.4, -0.2) is 15.3 Å². The van der Waals surface area contributed by atoms with E-state index in [4.69, 9.17) is 10.8 Å². The summed E-state index contributed by atoms with van der Waals surface area (Å²) in [4.78, 5) is 0. The highest BCUT2D eigenvalue weighted by Crippen LogP contribution is 2.15. The first kappa shape index (κ1) is 7.65. The fourth-order valence-electron chi connectivity index (χ4n) is 0.144. The van der Waals surface area contributed by atoms with Gasteiger partial charge in [0.1, 0.15) is 3.61 Å². The zero-order valence-corrected chi connectivity index (χ0v) is 6.47. The van der Waals surface area contributed by atoms with Gasteiger partial charge >= 0.3 is 0 Å². The molecule has 0 aliphatic heterocycles. The molecule has 1 atom stereocenters. The number of nitrogens with two attached hydrogens (primary N) is 1. The highest BCUT2D eigenvalue weighted by Gasteiger charge is 2.15. The topological polar surface area (TPSA) is 46.2 Å². The van der Waals surface area contributed by atoms with Gasteiger partial charge in [-0.15, -0.1) is 0 Å². The largest absolute Gasteiger partial charge is 0.378 e. The lowest BCUT2D eigenvalue weighted by atomic mass is 10.3. The number of aliphatic hydroxyl groups is 1. The van der Waals surface area contributed by atoms with Gasteiger partial charge in [-0.3, -0.25) is 0 Å². The van der Waals surface area contributed by atoms with E-state index >= 15 is 0 Å². The van der Waals surface area contributed by atoms with Crippen LogP contribution in [-0.2, 0) is 0 Å². The summed E-state index contributed by atoms with van der Waals surface area (Å²) in [5.41, 5.74) is 5.16. The SMILES string of the molecule is CCC(O)(I)CN. The molecule has 0 amide bonds. The second-order valence-electron chi connectivity index (χ2n) is 1.48. The van der Waals surface area contributed by atoms with Crippen molar-refractivity contribution in [1.82, 2.24) is 0 Å². The summed E-state index contributed by atoms with van der Waals surface area (Å²) in [6, 6.07) is 0. The molecule has 3 N–H and O–H groups in total.